The number of nitro groups is 1. The van der Waals surface area contributed by atoms with E-state index in [2.05, 4.69) is 15.5 Å². The summed E-state index contributed by atoms with van der Waals surface area (Å²) in [5.74, 6) is -6.81. The number of amides is 1. The molecule has 2 heterocycles. The number of anilines is 1. The molecular formula is C18H16F4N6O3. The molecule has 0 saturated carbocycles. The van der Waals surface area contributed by atoms with Gasteiger partial charge in [-0.3, -0.25) is 24.3 Å². The summed E-state index contributed by atoms with van der Waals surface area (Å²) in [7, 11) is 0. The summed E-state index contributed by atoms with van der Waals surface area (Å²) >= 11 is 0. The number of benzene rings is 1. The van der Waals surface area contributed by atoms with Crippen molar-refractivity contribution >= 4 is 17.3 Å². The summed E-state index contributed by atoms with van der Waals surface area (Å²) < 4.78 is 56.3. The van der Waals surface area contributed by atoms with Crippen LogP contribution in [0.5, 0.6) is 0 Å². The van der Waals surface area contributed by atoms with Crippen molar-refractivity contribution in [2.45, 2.75) is 33.4 Å². The lowest BCUT2D eigenvalue weighted by atomic mass is 10.2. The Morgan fingerprint density at radius 2 is 1.90 bits per heavy atom. The van der Waals surface area contributed by atoms with Gasteiger partial charge in [-0.05, 0) is 13.8 Å². The largest absolute Gasteiger partial charge is 0.323 e. The highest BCUT2D eigenvalue weighted by atomic mass is 19.2. The minimum Gasteiger partial charge on any atom is -0.323 e. The Labute approximate surface area is 172 Å². The van der Waals surface area contributed by atoms with E-state index in [-0.39, 0.29) is 36.1 Å². The van der Waals surface area contributed by atoms with E-state index in [1.807, 2.05) is 0 Å². The molecule has 0 atom stereocenters. The number of aromatic nitrogens is 4. The third kappa shape index (κ3) is 4.54. The van der Waals surface area contributed by atoms with Gasteiger partial charge in [-0.25, -0.2) is 17.6 Å². The molecular weight excluding hydrogens is 424 g/mol. The van der Waals surface area contributed by atoms with E-state index in [0.717, 1.165) is 4.68 Å². The average molecular weight is 440 g/mol. The Kier molecular flexibility index (Phi) is 6.04. The van der Waals surface area contributed by atoms with Crippen LogP contribution in [0.3, 0.4) is 0 Å². The van der Waals surface area contributed by atoms with Crippen LogP contribution in [0.25, 0.3) is 0 Å². The molecule has 0 aliphatic heterocycles. The third-order valence-corrected chi connectivity index (χ3v) is 4.52. The first-order chi connectivity index (χ1) is 14.6. The highest BCUT2D eigenvalue weighted by Gasteiger charge is 2.22. The smallest absolute Gasteiger partial charge is 0.312 e. The van der Waals surface area contributed by atoms with E-state index < -0.39 is 46.2 Å². The molecule has 0 radical (unpaired) electrons. The molecule has 13 heteroatoms. The standard InChI is InChI=1S/C18H16F4N6O3/c1-9-18(28(30)31)10(2)27(25-9)4-3-15(29)24-11-6-23-26(7-11)8-12-13(19)5-14(20)17(22)16(12)21/h5-7H,3-4,8H2,1-2H3,(H,24,29). The molecule has 2 aromatic heterocycles. The summed E-state index contributed by atoms with van der Waals surface area (Å²) in [5.41, 5.74) is -0.0725. The zero-order valence-electron chi connectivity index (χ0n) is 16.3. The molecule has 0 aliphatic carbocycles. The molecule has 1 aromatic carbocycles. The maximum atomic E-state index is 13.8. The van der Waals surface area contributed by atoms with Crippen molar-refractivity contribution in [2.24, 2.45) is 0 Å². The van der Waals surface area contributed by atoms with E-state index in [0.29, 0.717) is 5.69 Å². The Balaban J connectivity index is 1.63. The predicted molar refractivity (Wildman–Crippen MR) is 99.2 cm³/mol. The lowest BCUT2D eigenvalue weighted by molar-refractivity contribution is -0.386. The van der Waals surface area contributed by atoms with Crippen LogP contribution in [0.2, 0.25) is 0 Å². The predicted octanol–water partition coefficient (Wildman–Crippen LogP) is 3.24. The van der Waals surface area contributed by atoms with Crippen molar-refractivity contribution in [1.82, 2.24) is 19.6 Å². The van der Waals surface area contributed by atoms with E-state index >= 15 is 0 Å². The highest BCUT2D eigenvalue weighted by Crippen LogP contribution is 2.22. The quantitative estimate of drug-likeness (QED) is 0.200. The molecule has 1 amide bonds. The number of carbonyl (C=O) groups excluding carboxylic acids is 1. The fourth-order valence-corrected chi connectivity index (χ4v) is 3.03. The summed E-state index contributed by atoms with van der Waals surface area (Å²) in [6.07, 6.45) is 2.41. The summed E-state index contributed by atoms with van der Waals surface area (Å²) in [4.78, 5) is 22.6. The van der Waals surface area contributed by atoms with Gasteiger partial charge in [-0.1, -0.05) is 0 Å². The normalized spacial score (nSPS) is 11.0. The maximum absolute atomic E-state index is 13.8. The van der Waals surface area contributed by atoms with E-state index in [4.69, 9.17) is 0 Å². The summed E-state index contributed by atoms with van der Waals surface area (Å²) in [6.45, 7) is 2.58. The van der Waals surface area contributed by atoms with E-state index in [1.165, 1.54) is 30.9 Å². The van der Waals surface area contributed by atoms with E-state index in [9.17, 15) is 32.5 Å². The van der Waals surface area contributed by atoms with Crippen molar-refractivity contribution in [3.8, 4) is 0 Å². The fourth-order valence-electron chi connectivity index (χ4n) is 3.03. The first-order valence-corrected chi connectivity index (χ1v) is 8.91. The molecule has 1 N–H and O–H groups in total. The molecule has 9 nitrogen and oxygen atoms in total. The molecule has 0 fully saturated rings. The highest BCUT2D eigenvalue weighted by molar-refractivity contribution is 5.90. The van der Waals surface area contributed by atoms with Crippen LogP contribution >= 0.6 is 0 Å². The summed E-state index contributed by atoms with van der Waals surface area (Å²) in [6, 6.07) is 0.239. The zero-order valence-corrected chi connectivity index (χ0v) is 16.3. The van der Waals surface area contributed by atoms with Gasteiger partial charge in [0.05, 0.1) is 29.9 Å². The van der Waals surface area contributed by atoms with Gasteiger partial charge in [0.1, 0.15) is 17.2 Å². The van der Waals surface area contributed by atoms with Crippen molar-refractivity contribution in [1.29, 1.82) is 0 Å². The Bertz CT molecular complexity index is 1170. The second-order valence-electron chi connectivity index (χ2n) is 6.67. The van der Waals surface area contributed by atoms with Crippen LogP contribution in [0.1, 0.15) is 23.4 Å². The SMILES string of the molecule is Cc1nn(CCC(=O)Nc2cnn(Cc3c(F)cc(F)c(F)c3F)c2)c(C)c1[N+](=O)[O-]. The average Bonchev–Trinajstić information content (AvgIpc) is 3.24. The number of halogens is 4. The number of hydrogen-bond donors (Lipinski definition) is 1. The molecule has 164 valence electrons. The minimum atomic E-state index is -1.79. The fraction of sp³-hybridized carbons (Fsp3) is 0.278. The van der Waals surface area contributed by atoms with Crippen LogP contribution in [0.4, 0.5) is 28.9 Å². The van der Waals surface area contributed by atoms with Gasteiger partial charge in [0.2, 0.25) is 5.91 Å². The van der Waals surface area contributed by atoms with Gasteiger partial charge in [-0.15, -0.1) is 0 Å². The molecule has 0 aliphatic rings. The van der Waals surface area contributed by atoms with Crippen LogP contribution < -0.4 is 5.32 Å². The lowest BCUT2D eigenvalue weighted by Gasteiger charge is -2.07. The first kappa shape index (κ1) is 21.9. The van der Waals surface area contributed by atoms with Crippen LogP contribution in [0.15, 0.2) is 18.5 Å². The van der Waals surface area contributed by atoms with Crippen LogP contribution in [0, 0.1) is 47.2 Å². The van der Waals surface area contributed by atoms with Crippen molar-refractivity contribution < 1.29 is 27.3 Å². The number of hydrogen-bond acceptors (Lipinski definition) is 5. The Morgan fingerprint density at radius 3 is 2.55 bits per heavy atom. The monoisotopic (exact) mass is 440 g/mol. The number of nitrogens with one attached hydrogen (secondary N) is 1. The van der Waals surface area contributed by atoms with Crippen molar-refractivity contribution in [3.05, 3.63) is 68.8 Å². The molecule has 31 heavy (non-hydrogen) atoms. The van der Waals surface area contributed by atoms with Gasteiger partial charge in [0.15, 0.2) is 17.5 Å². The maximum Gasteiger partial charge on any atom is 0.312 e. The number of nitrogens with zero attached hydrogens (tertiary/aromatic N) is 5. The second kappa shape index (κ2) is 8.53. The molecule has 3 rings (SSSR count). The van der Waals surface area contributed by atoms with Gasteiger partial charge in [-0.2, -0.15) is 10.2 Å². The van der Waals surface area contributed by atoms with Gasteiger partial charge in [0.25, 0.3) is 0 Å². The number of rotatable bonds is 7. The van der Waals surface area contributed by atoms with Gasteiger partial charge < -0.3 is 5.32 Å². The Morgan fingerprint density at radius 1 is 1.19 bits per heavy atom. The zero-order chi connectivity index (χ0) is 22.9. The summed E-state index contributed by atoms with van der Waals surface area (Å²) in [5, 5.41) is 21.4. The third-order valence-electron chi connectivity index (χ3n) is 4.52. The van der Waals surface area contributed by atoms with Gasteiger partial charge >= 0.3 is 5.69 Å². The number of carbonyl (C=O) groups is 1. The first-order valence-electron chi connectivity index (χ1n) is 8.91. The molecule has 0 saturated heterocycles. The Hall–Kier alpha value is -3.77. The topological polar surface area (TPSA) is 108 Å². The van der Waals surface area contributed by atoms with E-state index in [1.54, 1.807) is 0 Å². The van der Waals surface area contributed by atoms with Crippen LogP contribution in [-0.2, 0) is 17.9 Å². The molecule has 0 spiro atoms. The molecule has 3 aromatic rings. The second-order valence-corrected chi connectivity index (χ2v) is 6.67. The molecule has 0 unspecified atom stereocenters. The lowest BCUT2D eigenvalue weighted by Crippen LogP contribution is -2.15. The molecule has 0 bridgehead atoms. The van der Waals surface area contributed by atoms with Crippen molar-refractivity contribution in [3.63, 3.8) is 0 Å². The van der Waals surface area contributed by atoms with Gasteiger partial charge in [0, 0.05) is 24.2 Å². The minimum absolute atomic E-state index is 0.0588. The van der Waals surface area contributed by atoms with Crippen molar-refractivity contribution in [2.75, 3.05) is 5.32 Å². The van der Waals surface area contributed by atoms with Crippen LogP contribution in [-0.4, -0.2) is 30.4 Å². The number of aryl methyl sites for hydroxylation is 2.